The van der Waals surface area contributed by atoms with E-state index in [2.05, 4.69) is 26.0 Å². The van der Waals surface area contributed by atoms with Gasteiger partial charge in [-0.3, -0.25) is 0 Å². The number of nitrogens with zero attached hydrogens (tertiary/aromatic N) is 1. The average molecular weight is 273 g/mol. The van der Waals surface area contributed by atoms with Crippen molar-refractivity contribution in [3.8, 4) is 0 Å². The lowest BCUT2D eigenvalue weighted by Gasteiger charge is -2.28. The van der Waals surface area contributed by atoms with Crippen molar-refractivity contribution in [3.63, 3.8) is 0 Å². The minimum atomic E-state index is -0.230. The fourth-order valence-corrected chi connectivity index (χ4v) is 2.32. The van der Waals surface area contributed by atoms with E-state index in [4.69, 9.17) is 4.74 Å². The van der Waals surface area contributed by atoms with Crippen LogP contribution in [-0.4, -0.2) is 23.6 Å². The predicted octanol–water partition coefficient (Wildman–Crippen LogP) is 3.86. The molecule has 1 aromatic rings. The second kappa shape index (κ2) is 6.60. The summed E-state index contributed by atoms with van der Waals surface area (Å²) >= 11 is 0. The van der Waals surface area contributed by atoms with Gasteiger partial charge < -0.3 is 9.64 Å². The molecule has 1 amide bonds. The highest BCUT2D eigenvalue weighted by Crippen LogP contribution is 2.21. The number of carbonyl (C=O) groups is 1. The van der Waals surface area contributed by atoms with Gasteiger partial charge in [0.2, 0.25) is 0 Å². The Hall–Kier alpha value is -1.77. The van der Waals surface area contributed by atoms with Crippen LogP contribution in [0, 0.1) is 11.8 Å². The first-order valence-electron chi connectivity index (χ1n) is 7.23. The van der Waals surface area contributed by atoms with Crippen molar-refractivity contribution in [2.24, 2.45) is 11.8 Å². The van der Waals surface area contributed by atoms with Gasteiger partial charge in [0, 0.05) is 6.54 Å². The first-order chi connectivity index (χ1) is 9.58. The molecule has 0 saturated heterocycles. The van der Waals surface area contributed by atoms with Gasteiger partial charge in [-0.25, -0.2) is 4.79 Å². The van der Waals surface area contributed by atoms with Crippen LogP contribution >= 0.6 is 0 Å². The van der Waals surface area contributed by atoms with Crippen molar-refractivity contribution in [1.82, 2.24) is 4.90 Å². The van der Waals surface area contributed by atoms with Crippen molar-refractivity contribution in [3.05, 3.63) is 48.0 Å². The smallest absolute Gasteiger partial charge is 0.410 e. The van der Waals surface area contributed by atoms with Crippen LogP contribution in [0.5, 0.6) is 0 Å². The summed E-state index contributed by atoms with van der Waals surface area (Å²) in [5, 5.41) is 0. The maximum absolute atomic E-state index is 12.3. The zero-order valence-electron chi connectivity index (χ0n) is 12.5. The van der Waals surface area contributed by atoms with E-state index in [0.717, 1.165) is 12.1 Å². The molecule has 2 rings (SSSR count). The Balaban J connectivity index is 1.96. The number of amides is 1. The molecule has 1 aliphatic heterocycles. The first kappa shape index (κ1) is 14.6. The third kappa shape index (κ3) is 3.62. The van der Waals surface area contributed by atoms with Gasteiger partial charge in [-0.1, -0.05) is 56.3 Å². The number of ether oxygens (including phenoxy) is 1. The molecule has 108 valence electrons. The van der Waals surface area contributed by atoms with Gasteiger partial charge in [-0.15, -0.1) is 0 Å². The summed E-state index contributed by atoms with van der Waals surface area (Å²) in [5.41, 5.74) is 1.01. The maximum Gasteiger partial charge on any atom is 0.410 e. The van der Waals surface area contributed by atoms with E-state index in [9.17, 15) is 4.79 Å². The normalized spacial score (nSPS) is 26.1. The van der Waals surface area contributed by atoms with E-state index in [1.54, 1.807) is 0 Å². The van der Waals surface area contributed by atoms with E-state index in [1.807, 2.05) is 42.2 Å². The lowest BCUT2D eigenvalue weighted by Crippen LogP contribution is -2.40. The van der Waals surface area contributed by atoms with Crippen molar-refractivity contribution in [2.75, 3.05) is 6.54 Å². The van der Waals surface area contributed by atoms with E-state index < -0.39 is 0 Å². The number of carbonyl (C=O) groups excluding carboxylic acids is 1. The van der Waals surface area contributed by atoms with Crippen LogP contribution in [0.1, 0.15) is 26.3 Å². The summed E-state index contributed by atoms with van der Waals surface area (Å²) in [6.45, 7) is 7.46. The summed E-state index contributed by atoms with van der Waals surface area (Å²) in [4.78, 5) is 14.1. The van der Waals surface area contributed by atoms with Gasteiger partial charge in [0.25, 0.3) is 0 Å². The Morgan fingerprint density at radius 3 is 2.60 bits per heavy atom. The summed E-state index contributed by atoms with van der Waals surface area (Å²) in [6, 6.07) is 9.86. The Kier molecular flexibility index (Phi) is 4.83. The summed E-state index contributed by atoms with van der Waals surface area (Å²) in [6.07, 6.45) is 4.06. The third-order valence-corrected chi connectivity index (χ3v) is 4.01. The van der Waals surface area contributed by atoms with Crippen molar-refractivity contribution < 1.29 is 9.53 Å². The highest BCUT2D eigenvalue weighted by molar-refractivity contribution is 5.68. The molecule has 3 nitrogen and oxygen atoms in total. The molecule has 0 saturated carbocycles. The van der Waals surface area contributed by atoms with Gasteiger partial charge in [0.05, 0.1) is 6.04 Å². The Morgan fingerprint density at radius 2 is 1.90 bits per heavy atom. The highest BCUT2D eigenvalue weighted by Gasteiger charge is 2.26. The van der Waals surface area contributed by atoms with Crippen LogP contribution < -0.4 is 0 Å². The lowest BCUT2D eigenvalue weighted by atomic mass is 9.96. The van der Waals surface area contributed by atoms with E-state index in [0.29, 0.717) is 18.4 Å². The third-order valence-electron chi connectivity index (χ3n) is 4.01. The number of rotatable bonds is 2. The minimum Gasteiger partial charge on any atom is -0.445 e. The minimum absolute atomic E-state index is 0.0886. The summed E-state index contributed by atoms with van der Waals surface area (Å²) in [7, 11) is 0. The van der Waals surface area contributed by atoms with Crippen LogP contribution in [0.4, 0.5) is 4.79 Å². The molecule has 0 fully saturated rings. The molecule has 0 aromatic heterocycles. The van der Waals surface area contributed by atoms with E-state index >= 15 is 0 Å². The molecule has 3 heteroatoms. The van der Waals surface area contributed by atoms with E-state index in [-0.39, 0.29) is 12.1 Å². The van der Waals surface area contributed by atoms with Crippen LogP contribution in [0.3, 0.4) is 0 Å². The quantitative estimate of drug-likeness (QED) is 0.766. The molecule has 3 atom stereocenters. The summed E-state index contributed by atoms with van der Waals surface area (Å²) in [5.74, 6) is 0.935. The molecule has 0 spiro atoms. The number of hydrogen-bond donors (Lipinski definition) is 0. The molecule has 1 aromatic carbocycles. The molecular weight excluding hydrogens is 250 g/mol. The van der Waals surface area contributed by atoms with Crippen molar-refractivity contribution in [2.45, 2.75) is 33.4 Å². The zero-order valence-corrected chi connectivity index (χ0v) is 12.5. The Bertz CT molecular complexity index is 469. The molecule has 1 heterocycles. The maximum atomic E-state index is 12.3. The Labute approximate surface area is 121 Å². The van der Waals surface area contributed by atoms with Gasteiger partial charge in [-0.05, 0) is 24.3 Å². The Morgan fingerprint density at radius 1 is 1.20 bits per heavy atom. The van der Waals surface area contributed by atoms with Gasteiger partial charge in [0.15, 0.2) is 0 Å². The molecule has 0 unspecified atom stereocenters. The predicted molar refractivity (Wildman–Crippen MR) is 80.3 cm³/mol. The second-order valence-electron chi connectivity index (χ2n) is 5.65. The average Bonchev–Trinajstić information content (AvgIpc) is 2.59. The molecule has 20 heavy (non-hydrogen) atoms. The second-order valence-corrected chi connectivity index (χ2v) is 5.65. The van der Waals surface area contributed by atoms with Gasteiger partial charge in [-0.2, -0.15) is 0 Å². The number of benzene rings is 1. The number of allylic oxidation sites excluding steroid dienone is 1. The lowest BCUT2D eigenvalue weighted by molar-refractivity contribution is 0.0837. The van der Waals surface area contributed by atoms with Crippen LogP contribution in [0.15, 0.2) is 42.5 Å². The molecule has 0 N–H and O–H groups in total. The monoisotopic (exact) mass is 273 g/mol. The van der Waals surface area contributed by atoms with Crippen LogP contribution in [-0.2, 0) is 11.3 Å². The van der Waals surface area contributed by atoms with Gasteiger partial charge >= 0.3 is 6.09 Å². The fraction of sp³-hybridized carbons (Fsp3) is 0.471. The highest BCUT2D eigenvalue weighted by atomic mass is 16.6. The fourth-order valence-electron chi connectivity index (χ4n) is 2.32. The molecular formula is C17H23NO2. The standard InChI is InChI=1S/C17H23NO2/c1-13-9-10-15(3)18(11-14(13)2)17(19)20-12-16-7-5-4-6-8-16/h4-10,13-15H,11-12H2,1-3H3/t13-,14+,15-/m0/s1. The van der Waals surface area contributed by atoms with Crippen molar-refractivity contribution >= 4 is 6.09 Å². The molecule has 0 bridgehead atoms. The van der Waals surface area contributed by atoms with Crippen LogP contribution in [0.25, 0.3) is 0 Å². The molecule has 1 aliphatic rings. The molecule has 0 radical (unpaired) electrons. The molecule has 0 aliphatic carbocycles. The summed E-state index contributed by atoms with van der Waals surface area (Å²) < 4.78 is 5.43. The first-order valence-corrected chi connectivity index (χ1v) is 7.23. The zero-order chi connectivity index (χ0) is 14.5. The van der Waals surface area contributed by atoms with Crippen LogP contribution in [0.2, 0.25) is 0 Å². The largest absolute Gasteiger partial charge is 0.445 e. The van der Waals surface area contributed by atoms with Crippen molar-refractivity contribution in [1.29, 1.82) is 0 Å². The van der Waals surface area contributed by atoms with E-state index in [1.165, 1.54) is 0 Å². The topological polar surface area (TPSA) is 29.5 Å². The number of hydrogen-bond acceptors (Lipinski definition) is 2. The van der Waals surface area contributed by atoms with Gasteiger partial charge in [0.1, 0.15) is 6.61 Å². The SMILES string of the molecule is C[C@@H]1CN(C(=O)OCc2ccccc2)[C@@H](C)C=C[C@@H]1C.